The lowest BCUT2D eigenvalue weighted by Crippen LogP contribution is -2.48. The second kappa shape index (κ2) is 5.49. The Hall–Kier alpha value is -2.28. The van der Waals surface area contributed by atoms with Crippen LogP contribution in [0.2, 0.25) is 0 Å². The molecule has 0 bridgehead atoms. The highest BCUT2D eigenvalue weighted by Gasteiger charge is 2.41. The van der Waals surface area contributed by atoms with Gasteiger partial charge >= 0.3 is 5.97 Å². The quantitative estimate of drug-likeness (QED) is 0.803. The Bertz CT molecular complexity index is 679. The van der Waals surface area contributed by atoms with Crippen molar-refractivity contribution in [3.63, 3.8) is 0 Å². The molecule has 0 spiro atoms. The van der Waals surface area contributed by atoms with Crippen molar-refractivity contribution >= 4 is 5.97 Å². The van der Waals surface area contributed by atoms with Crippen LogP contribution in [0, 0.1) is 11.2 Å². The monoisotopic (exact) mass is 306 g/mol. The number of carboxylic acid groups (broad SMARTS) is 1. The molecule has 0 aliphatic carbocycles. The van der Waals surface area contributed by atoms with E-state index in [-0.39, 0.29) is 17.4 Å². The molecule has 0 aliphatic heterocycles. The summed E-state index contributed by atoms with van der Waals surface area (Å²) < 4.78 is 14.5. The lowest BCUT2D eigenvalue weighted by molar-refractivity contribution is -0.145. The zero-order valence-corrected chi connectivity index (χ0v) is 12.7. The average molecular weight is 306 g/mol. The number of aliphatic carboxylic acids is 1. The van der Waals surface area contributed by atoms with Crippen LogP contribution in [0.25, 0.3) is 11.3 Å². The Morgan fingerprint density at radius 1 is 1.41 bits per heavy atom. The van der Waals surface area contributed by atoms with Crippen molar-refractivity contribution in [1.29, 1.82) is 0 Å². The van der Waals surface area contributed by atoms with Crippen molar-refractivity contribution in [2.75, 3.05) is 0 Å². The van der Waals surface area contributed by atoms with E-state index in [9.17, 15) is 14.3 Å². The molecule has 0 aliphatic rings. The number of nitrogens with two attached hydrogens (primary N) is 1. The summed E-state index contributed by atoms with van der Waals surface area (Å²) in [6, 6.07) is 4.21. The molecule has 1 atom stereocenters. The van der Waals surface area contributed by atoms with E-state index in [1.165, 1.54) is 18.3 Å². The summed E-state index contributed by atoms with van der Waals surface area (Å²) in [5, 5.41) is 19.4. The molecule has 0 saturated heterocycles. The topological polar surface area (TPSA) is 105 Å². The number of halogens is 1. The SMILES string of the molecule is CC(C)(C)C[C@](N)(C(=O)O)c1ccc(-c2c[nH]nn2)cc1F. The van der Waals surface area contributed by atoms with Crippen LogP contribution < -0.4 is 5.73 Å². The zero-order chi connectivity index (χ0) is 16.5. The Morgan fingerprint density at radius 3 is 2.55 bits per heavy atom. The normalized spacial score (nSPS) is 14.6. The first-order valence-corrected chi connectivity index (χ1v) is 6.83. The predicted molar refractivity (Wildman–Crippen MR) is 79.3 cm³/mol. The van der Waals surface area contributed by atoms with E-state index >= 15 is 0 Å². The molecule has 1 aromatic carbocycles. The number of carboxylic acids is 1. The molecule has 1 heterocycles. The van der Waals surface area contributed by atoms with E-state index in [0.29, 0.717) is 11.3 Å². The molecule has 6 nitrogen and oxygen atoms in total. The Morgan fingerprint density at radius 2 is 2.09 bits per heavy atom. The number of benzene rings is 1. The number of rotatable bonds is 4. The first-order valence-electron chi connectivity index (χ1n) is 6.83. The average Bonchev–Trinajstić information content (AvgIpc) is 2.89. The number of hydrogen-bond acceptors (Lipinski definition) is 4. The Kier molecular flexibility index (Phi) is 4.02. The first kappa shape index (κ1) is 16.1. The predicted octanol–water partition coefficient (Wildman–Crippen LogP) is 2.29. The molecule has 0 unspecified atom stereocenters. The van der Waals surface area contributed by atoms with Gasteiger partial charge in [-0.15, -0.1) is 5.10 Å². The number of nitrogens with zero attached hydrogens (tertiary/aromatic N) is 2. The van der Waals surface area contributed by atoms with Gasteiger partial charge in [0.25, 0.3) is 0 Å². The number of nitrogens with one attached hydrogen (secondary N) is 1. The number of H-pyrrole nitrogens is 1. The maximum atomic E-state index is 14.5. The van der Waals surface area contributed by atoms with Crippen LogP contribution in [0.15, 0.2) is 24.4 Å². The third kappa shape index (κ3) is 3.14. The van der Waals surface area contributed by atoms with E-state index in [4.69, 9.17) is 5.73 Å². The van der Waals surface area contributed by atoms with Crippen LogP contribution in [-0.4, -0.2) is 26.5 Å². The van der Waals surface area contributed by atoms with Gasteiger partial charge in [0.2, 0.25) is 0 Å². The fourth-order valence-electron chi connectivity index (χ4n) is 2.50. The zero-order valence-electron chi connectivity index (χ0n) is 12.7. The van der Waals surface area contributed by atoms with Crippen LogP contribution in [-0.2, 0) is 10.3 Å². The van der Waals surface area contributed by atoms with Crippen molar-refractivity contribution < 1.29 is 14.3 Å². The Labute approximate surface area is 127 Å². The standard InChI is InChI=1S/C15H19FN4O2/c1-14(2,3)8-15(17,13(21)22)10-5-4-9(6-11(10)16)12-7-18-20-19-12/h4-7H,8,17H2,1-3H3,(H,21,22)(H,18,19,20)/t15-/m1/s1. The van der Waals surface area contributed by atoms with Gasteiger partial charge in [0.05, 0.1) is 0 Å². The third-order valence-corrected chi connectivity index (χ3v) is 3.35. The molecule has 1 aromatic heterocycles. The lowest BCUT2D eigenvalue weighted by atomic mass is 9.76. The van der Waals surface area contributed by atoms with Gasteiger partial charge in [-0.05, 0) is 17.9 Å². The molecule has 0 fully saturated rings. The van der Waals surface area contributed by atoms with Crippen molar-refractivity contribution in [2.24, 2.45) is 11.1 Å². The summed E-state index contributed by atoms with van der Waals surface area (Å²) in [6.07, 6.45) is 1.63. The first-order chi connectivity index (χ1) is 10.1. The molecule has 0 amide bonds. The third-order valence-electron chi connectivity index (χ3n) is 3.35. The van der Waals surface area contributed by atoms with Gasteiger partial charge in [0.15, 0.2) is 0 Å². The van der Waals surface area contributed by atoms with Gasteiger partial charge in [0.1, 0.15) is 17.1 Å². The second-order valence-corrected chi connectivity index (χ2v) is 6.57. The van der Waals surface area contributed by atoms with Gasteiger partial charge in [0, 0.05) is 17.3 Å². The van der Waals surface area contributed by atoms with E-state index in [0.717, 1.165) is 0 Å². The molecule has 118 valence electrons. The number of aromatic nitrogens is 3. The molecule has 2 rings (SSSR count). The minimum Gasteiger partial charge on any atom is -0.480 e. The molecule has 22 heavy (non-hydrogen) atoms. The van der Waals surface area contributed by atoms with Gasteiger partial charge in [-0.1, -0.05) is 38.1 Å². The second-order valence-electron chi connectivity index (χ2n) is 6.57. The maximum Gasteiger partial charge on any atom is 0.328 e. The smallest absolute Gasteiger partial charge is 0.328 e. The lowest BCUT2D eigenvalue weighted by Gasteiger charge is -2.32. The molecule has 2 aromatic rings. The van der Waals surface area contributed by atoms with Crippen LogP contribution in [0.5, 0.6) is 0 Å². The van der Waals surface area contributed by atoms with Crippen molar-refractivity contribution in [2.45, 2.75) is 32.7 Å². The molecule has 0 radical (unpaired) electrons. The maximum absolute atomic E-state index is 14.5. The fraction of sp³-hybridized carbons (Fsp3) is 0.400. The van der Waals surface area contributed by atoms with Crippen molar-refractivity contribution in [3.8, 4) is 11.3 Å². The summed E-state index contributed by atoms with van der Waals surface area (Å²) >= 11 is 0. The van der Waals surface area contributed by atoms with E-state index in [1.54, 1.807) is 6.07 Å². The van der Waals surface area contributed by atoms with Crippen LogP contribution in [0.3, 0.4) is 0 Å². The summed E-state index contributed by atoms with van der Waals surface area (Å²) in [7, 11) is 0. The van der Waals surface area contributed by atoms with Crippen LogP contribution in [0.1, 0.15) is 32.8 Å². The van der Waals surface area contributed by atoms with Crippen molar-refractivity contribution in [3.05, 3.63) is 35.8 Å². The molecule has 0 saturated carbocycles. The van der Waals surface area contributed by atoms with Crippen LogP contribution in [0.4, 0.5) is 4.39 Å². The minimum absolute atomic E-state index is 0.0397. The summed E-state index contributed by atoms with van der Waals surface area (Å²) in [6.45, 7) is 5.58. The summed E-state index contributed by atoms with van der Waals surface area (Å²) in [4.78, 5) is 11.6. The number of carbonyl (C=O) groups is 1. The number of hydrogen-bond donors (Lipinski definition) is 3. The highest BCUT2D eigenvalue weighted by molar-refractivity contribution is 5.81. The van der Waals surface area contributed by atoms with Gasteiger partial charge in [-0.3, -0.25) is 5.10 Å². The highest BCUT2D eigenvalue weighted by atomic mass is 19.1. The largest absolute Gasteiger partial charge is 0.480 e. The highest BCUT2D eigenvalue weighted by Crippen LogP contribution is 2.35. The summed E-state index contributed by atoms with van der Waals surface area (Å²) in [5.74, 6) is -1.93. The summed E-state index contributed by atoms with van der Waals surface area (Å²) in [5.41, 5.74) is 4.82. The van der Waals surface area contributed by atoms with Crippen molar-refractivity contribution in [1.82, 2.24) is 15.4 Å². The van der Waals surface area contributed by atoms with Gasteiger partial charge in [-0.2, -0.15) is 0 Å². The molecule has 4 N–H and O–H groups in total. The number of aromatic amines is 1. The van der Waals surface area contributed by atoms with Crippen LogP contribution >= 0.6 is 0 Å². The molecule has 7 heteroatoms. The van der Waals surface area contributed by atoms with Gasteiger partial charge < -0.3 is 10.8 Å². The van der Waals surface area contributed by atoms with Gasteiger partial charge in [-0.25, -0.2) is 9.18 Å². The minimum atomic E-state index is -1.79. The van der Waals surface area contributed by atoms with E-state index in [1.807, 2.05) is 20.8 Å². The van der Waals surface area contributed by atoms with E-state index in [2.05, 4.69) is 15.4 Å². The van der Waals surface area contributed by atoms with E-state index < -0.39 is 17.3 Å². The molecular formula is C15H19FN4O2. The Balaban J connectivity index is 2.47. The fourth-order valence-corrected chi connectivity index (χ4v) is 2.50. The molecular weight excluding hydrogens is 287 g/mol.